The molecule has 2 aromatic rings. The summed E-state index contributed by atoms with van der Waals surface area (Å²) >= 11 is 0. The highest BCUT2D eigenvalue weighted by Crippen LogP contribution is 2.24. The number of aromatic hydroxyl groups is 4. The van der Waals surface area contributed by atoms with Crippen LogP contribution in [0.25, 0.3) is 6.08 Å². The van der Waals surface area contributed by atoms with Gasteiger partial charge in [-0.1, -0.05) is 12.2 Å². The number of phenols is 4. The maximum absolute atomic E-state index is 9.59. The van der Waals surface area contributed by atoms with E-state index in [0.717, 1.165) is 5.56 Å². The van der Waals surface area contributed by atoms with Gasteiger partial charge in [0.15, 0.2) is 0 Å². The van der Waals surface area contributed by atoms with Crippen LogP contribution < -0.4 is 0 Å². The molecule has 0 atom stereocenters. The molecule has 0 saturated heterocycles. The van der Waals surface area contributed by atoms with Gasteiger partial charge in [0.1, 0.15) is 23.0 Å². The minimum atomic E-state index is -0.00462. The van der Waals surface area contributed by atoms with Gasteiger partial charge in [-0.3, -0.25) is 0 Å². The Morgan fingerprint density at radius 2 is 1.47 bits per heavy atom. The van der Waals surface area contributed by atoms with E-state index in [1.807, 2.05) is 0 Å². The summed E-state index contributed by atoms with van der Waals surface area (Å²) < 4.78 is 0. The van der Waals surface area contributed by atoms with E-state index in [-0.39, 0.29) is 23.0 Å². The number of allylic oxidation sites excluding steroid dienone is 1. The summed E-state index contributed by atoms with van der Waals surface area (Å²) in [6.07, 6.45) is 4.00. The van der Waals surface area contributed by atoms with Crippen LogP contribution in [0.15, 0.2) is 42.5 Å². The van der Waals surface area contributed by atoms with Crippen molar-refractivity contribution in [3.63, 3.8) is 0 Å². The van der Waals surface area contributed by atoms with E-state index in [9.17, 15) is 15.3 Å². The Bertz CT molecular complexity index is 597. The van der Waals surface area contributed by atoms with Crippen LogP contribution in [-0.4, -0.2) is 20.4 Å². The second-order valence-corrected chi connectivity index (χ2v) is 4.21. The Balaban J connectivity index is 2.11. The van der Waals surface area contributed by atoms with Crippen LogP contribution in [0.1, 0.15) is 11.1 Å². The molecule has 0 bridgehead atoms. The van der Waals surface area contributed by atoms with Crippen molar-refractivity contribution in [1.29, 1.82) is 0 Å². The first-order valence-corrected chi connectivity index (χ1v) is 5.75. The molecule has 0 fully saturated rings. The highest BCUT2D eigenvalue weighted by atomic mass is 16.3. The molecule has 98 valence electrons. The predicted molar refractivity (Wildman–Crippen MR) is 72.3 cm³/mol. The van der Waals surface area contributed by atoms with Gasteiger partial charge in [0.05, 0.1) is 0 Å². The van der Waals surface area contributed by atoms with E-state index in [0.29, 0.717) is 12.0 Å². The molecule has 0 saturated carbocycles. The third kappa shape index (κ3) is 3.42. The molecule has 0 spiro atoms. The summed E-state index contributed by atoms with van der Waals surface area (Å²) in [6.45, 7) is 0. The minimum absolute atomic E-state index is 0.00462. The van der Waals surface area contributed by atoms with Gasteiger partial charge in [-0.15, -0.1) is 0 Å². The Kier molecular flexibility index (Phi) is 3.61. The molecule has 0 aliphatic heterocycles. The zero-order valence-electron chi connectivity index (χ0n) is 10.1. The quantitative estimate of drug-likeness (QED) is 0.682. The first-order valence-electron chi connectivity index (χ1n) is 5.75. The molecule has 0 heterocycles. The fraction of sp³-hybridized carbons (Fsp3) is 0.0667. The second-order valence-electron chi connectivity index (χ2n) is 4.21. The maximum atomic E-state index is 9.59. The van der Waals surface area contributed by atoms with E-state index >= 15 is 0 Å². The van der Waals surface area contributed by atoms with Crippen molar-refractivity contribution in [3.05, 3.63) is 53.6 Å². The number of hydrogen-bond donors (Lipinski definition) is 4. The Labute approximate surface area is 110 Å². The van der Waals surface area contributed by atoms with Crippen molar-refractivity contribution < 1.29 is 20.4 Å². The van der Waals surface area contributed by atoms with Gasteiger partial charge in [-0.2, -0.15) is 0 Å². The molecule has 0 aliphatic carbocycles. The van der Waals surface area contributed by atoms with Gasteiger partial charge in [0, 0.05) is 17.7 Å². The van der Waals surface area contributed by atoms with E-state index in [1.54, 1.807) is 30.4 Å². The summed E-state index contributed by atoms with van der Waals surface area (Å²) in [4.78, 5) is 0. The van der Waals surface area contributed by atoms with Crippen LogP contribution in [0.4, 0.5) is 0 Å². The van der Waals surface area contributed by atoms with E-state index in [2.05, 4.69) is 0 Å². The van der Waals surface area contributed by atoms with Gasteiger partial charge in [0.2, 0.25) is 0 Å². The number of phenolic OH excluding ortho intramolecular Hbond substituents is 4. The van der Waals surface area contributed by atoms with Crippen molar-refractivity contribution in [2.45, 2.75) is 6.42 Å². The number of rotatable bonds is 3. The monoisotopic (exact) mass is 258 g/mol. The minimum Gasteiger partial charge on any atom is -0.508 e. The molecule has 2 rings (SSSR count). The van der Waals surface area contributed by atoms with Gasteiger partial charge in [0.25, 0.3) is 0 Å². The van der Waals surface area contributed by atoms with E-state index < -0.39 is 0 Å². The topological polar surface area (TPSA) is 80.9 Å². The van der Waals surface area contributed by atoms with Crippen LogP contribution >= 0.6 is 0 Å². The third-order valence-corrected chi connectivity index (χ3v) is 2.63. The molecule has 19 heavy (non-hydrogen) atoms. The molecule has 0 aliphatic rings. The molecular formula is C15H14O4. The van der Waals surface area contributed by atoms with Crippen molar-refractivity contribution in [3.8, 4) is 23.0 Å². The van der Waals surface area contributed by atoms with Crippen molar-refractivity contribution >= 4 is 6.08 Å². The highest BCUT2D eigenvalue weighted by molar-refractivity contribution is 5.58. The summed E-state index contributed by atoms with van der Waals surface area (Å²) in [5, 5.41) is 37.4. The van der Waals surface area contributed by atoms with Gasteiger partial charge in [-0.25, -0.2) is 0 Å². The zero-order chi connectivity index (χ0) is 13.8. The van der Waals surface area contributed by atoms with Crippen molar-refractivity contribution in [1.82, 2.24) is 0 Å². The standard InChI is InChI=1S/C15H14O4/c16-12-5-4-11(15(19)9-12)3-1-2-10-6-13(17)8-14(18)7-10/h1,3-9,16-19H,2H2/b3-1+. The van der Waals surface area contributed by atoms with E-state index in [1.165, 1.54) is 18.2 Å². The predicted octanol–water partition coefficient (Wildman–Crippen LogP) is 2.76. The lowest BCUT2D eigenvalue weighted by Gasteiger charge is -2.01. The van der Waals surface area contributed by atoms with Gasteiger partial charge < -0.3 is 20.4 Å². The lowest BCUT2D eigenvalue weighted by atomic mass is 10.1. The first kappa shape index (κ1) is 12.8. The smallest absolute Gasteiger partial charge is 0.126 e. The van der Waals surface area contributed by atoms with Gasteiger partial charge in [-0.05, 0) is 36.2 Å². The van der Waals surface area contributed by atoms with Crippen LogP contribution in [0, 0.1) is 0 Å². The Morgan fingerprint density at radius 3 is 2.11 bits per heavy atom. The normalized spacial score (nSPS) is 10.9. The molecule has 0 amide bonds. The van der Waals surface area contributed by atoms with Crippen LogP contribution in [-0.2, 0) is 6.42 Å². The fourth-order valence-corrected chi connectivity index (χ4v) is 1.77. The second kappa shape index (κ2) is 5.35. The molecule has 0 aromatic heterocycles. The summed E-state index contributed by atoms with van der Waals surface area (Å²) in [5.41, 5.74) is 1.34. The van der Waals surface area contributed by atoms with Crippen LogP contribution in [0.2, 0.25) is 0 Å². The Morgan fingerprint density at radius 1 is 0.789 bits per heavy atom. The molecule has 4 nitrogen and oxygen atoms in total. The fourth-order valence-electron chi connectivity index (χ4n) is 1.77. The van der Waals surface area contributed by atoms with Crippen molar-refractivity contribution in [2.24, 2.45) is 0 Å². The number of hydrogen-bond acceptors (Lipinski definition) is 4. The first-order chi connectivity index (χ1) is 9.04. The summed E-state index contributed by atoms with van der Waals surface area (Å²) in [7, 11) is 0. The average Bonchev–Trinajstić information content (AvgIpc) is 2.30. The van der Waals surface area contributed by atoms with Crippen molar-refractivity contribution in [2.75, 3.05) is 0 Å². The molecular weight excluding hydrogens is 244 g/mol. The Hall–Kier alpha value is -2.62. The van der Waals surface area contributed by atoms with Crippen LogP contribution in [0.5, 0.6) is 23.0 Å². The molecule has 4 N–H and O–H groups in total. The van der Waals surface area contributed by atoms with Gasteiger partial charge >= 0.3 is 0 Å². The highest BCUT2D eigenvalue weighted by Gasteiger charge is 1.99. The maximum Gasteiger partial charge on any atom is 0.126 e. The SMILES string of the molecule is Oc1cc(O)cc(C/C=C/c2ccc(O)cc2O)c1. The molecule has 0 radical (unpaired) electrons. The summed E-state index contributed by atoms with van der Waals surface area (Å²) in [5.74, 6) is 0.0225. The zero-order valence-corrected chi connectivity index (χ0v) is 10.1. The average molecular weight is 258 g/mol. The number of benzene rings is 2. The summed E-state index contributed by atoms with van der Waals surface area (Å²) in [6, 6.07) is 8.72. The third-order valence-electron chi connectivity index (χ3n) is 2.63. The molecule has 2 aromatic carbocycles. The lowest BCUT2D eigenvalue weighted by molar-refractivity contribution is 0.448. The molecule has 4 heteroatoms. The lowest BCUT2D eigenvalue weighted by Crippen LogP contribution is -1.81. The van der Waals surface area contributed by atoms with E-state index in [4.69, 9.17) is 5.11 Å². The largest absolute Gasteiger partial charge is 0.508 e. The van der Waals surface area contributed by atoms with Crippen LogP contribution in [0.3, 0.4) is 0 Å². The molecule has 0 unspecified atom stereocenters.